The van der Waals surface area contributed by atoms with E-state index in [-0.39, 0.29) is 17.9 Å². The van der Waals surface area contributed by atoms with Gasteiger partial charge in [-0.05, 0) is 24.1 Å². The van der Waals surface area contributed by atoms with Gasteiger partial charge in [0, 0.05) is 17.9 Å². The first kappa shape index (κ1) is 18.4. The lowest BCUT2D eigenvalue weighted by atomic mass is 9.86. The molecule has 7 heteroatoms. The highest BCUT2D eigenvalue weighted by Gasteiger charge is 2.33. The number of benzene rings is 2. The van der Waals surface area contributed by atoms with Gasteiger partial charge in [-0.1, -0.05) is 44.2 Å². The van der Waals surface area contributed by atoms with Gasteiger partial charge in [0.1, 0.15) is 11.6 Å². The number of imidazole rings is 1. The molecule has 0 aliphatic carbocycles. The van der Waals surface area contributed by atoms with Gasteiger partial charge in [0.2, 0.25) is 11.7 Å². The number of carbonyl (C=O) groups is 1. The molecule has 1 aliphatic heterocycles. The summed E-state index contributed by atoms with van der Waals surface area (Å²) in [6, 6.07) is 15.2. The third-order valence-electron chi connectivity index (χ3n) is 5.37. The van der Waals surface area contributed by atoms with Crippen LogP contribution in [0.5, 0.6) is 5.75 Å². The van der Waals surface area contributed by atoms with Crippen LogP contribution >= 0.6 is 0 Å². The van der Waals surface area contributed by atoms with Crippen molar-refractivity contribution in [2.45, 2.75) is 26.2 Å². The number of anilines is 1. The summed E-state index contributed by atoms with van der Waals surface area (Å²) < 4.78 is 7.83. The summed E-state index contributed by atoms with van der Waals surface area (Å²) in [6.45, 7) is 4.72. The summed E-state index contributed by atoms with van der Waals surface area (Å²) in [5.41, 5.74) is 2.68. The van der Waals surface area contributed by atoms with E-state index < -0.39 is 5.92 Å². The number of aromatic nitrogens is 3. The predicted molar refractivity (Wildman–Crippen MR) is 115 cm³/mol. The van der Waals surface area contributed by atoms with Gasteiger partial charge in [0.25, 0.3) is 5.56 Å². The summed E-state index contributed by atoms with van der Waals surface area (Å²) in [7, 11) is 0. The van der Waals surface area contributed by atoms with Gasteiger partial charge in [-0.25, -0.2) is 4.98 Å². The largest absolute Gasteiger partial charge is 0.493 e. The highest BCUT2D eigenvalue weighted by molar-refractivity contribution is 5.96. The van der Waals surface area contributed by atoms with Crippen molar-refractivity contribution in [2.24, 2.45) is 5.92 Å². The van der Waals surface area contributed by atoms with Crippen molar-refractivity contribution < 1.29 is 9.53 Å². The molecule has 3 heterocycles. The molecule has 30 heavy (non-hydrogen) atoms. The Balaban J connectivity index is 1.75. The zero-order valence-corrected chi connectivity index (χ0v) is 16.8. The molecule has 2 N–H and O–H groups in total. The van der Waals surface area contributed by atoms with Crippen molar-refractivity contribution in [3.63, 3.8) is 0 Å². The van der Waals surface area contributed by atoms with E-state index in [1.54, 1.807) is 0 Å². The monoisotopic (exact) mass is 402 g/mol. The molecule has 0 radical (unpaired) electrons. The number of nitrogens with one attached hydrogen (secondary N) is 2. The van der Waals surface area contributed by atoms with Gasteiger partial charge >= 0.3 is 0 Å². The Hall–Kier alpha value is -3.61. The highest BCUT2D eigenvalue weighted by atomic mass is 16.5. The first-order valence-electron chi connectivity index (χ1n) is 10.1. The summed E-state index contributed by atoms with van der Waals surface area (Å²) in [6.07, 6.45) is 0.177. The first-order valence-corrected chi connectivity index (χ1v) is 10.1. The van der Waals surface area contributed by atoms with Gasteiger partial charge in [-0.3, -0.25) is 19.0 Å². The maximum absolute atomic E-state index is 13.1. The molecule has 2 aromatic heterocycles. The standard InChI is InChI=1S/C23H22N4O3/c1-13(2)12-30-18-10-6-3-7-14(18)15-11-19(28)25-21-20(15)22(29)26-23-24-16-8-4-5-9-17(16)27(21)23/h3-10,13,15H,11-12H2,1-2H3,(H,25,28)(H,24,26,29)/t15-/m0/s1. The Morgan fingerprint density at radius 2 is 1.90 bits per heavy atom. The SMILES string of the molecule is CC(C)COc1ccccc1[C@@H]1CC(=O)Nc2c1c(=O)[nH]c1nc3ccccc3n21. The van der Waals surface area contributed by atoms with Crippen LogP contribution in [0.25, 0.3) is 16.8 Å². The van der Waals surface area contributed by atoms with Crippen LogP contribution in [0.1, 0.15) is 37.3 Å². The molecule has 2 aromatic carbocycles. The zero-order valence-electron chi connectivity index (χ0n) is 16.8. The summed E-state index contributed by atoms with van der Waals surface area (Å²) >= 11 is 0. The second-order valence-corrected chi connectivity index (χ2v) is 8.02. The van der Waals surface area contributed by atoms with Crippen LogP contribution in [-0.2, 0) is 4.79 Å². The van der Waals surface area contributed by atoms with Gasteiger partial charge in [-0.15, -0.1) is 0 Å². The first-order chi connectivity index (χ1) is 14.5. The molecule has 0 bridgehead atoms. The number of amides is 1. The molecular formula is C23H22N4O3. The van der Waals surface area contributed by atoms with E-state index in [9.17, 15) is 9.59 Å². The lowest BCUT2D eigenvalue weighted by Crippen LogP contribution is -2.32. The van der Waals surface area contributed by atoms with Crippen LogP contribution < -0.4 is 15.6 Å². The number of para-hydroxylation sites is 3. The Morgan fingerprint density at radius 1 is 1.13 bits per heavy atom. The van der Waals surface area contributed by atoms with Crippen molar-refractivity contribution in [1.29, 1.82) is 0 Å². The Labute approximate surface area is 172 Å². The molecule has 4 aromatic rings. The van der Waals surface area contributed by atoms with Crippen molar-refractivity contribution in [2.75, 3.05) is 11.9 Å². The molecule has 0 saturated carbocycles. The average Bonchev–Trinajstić information content (AvgIpc) is 3.10. The summed E-state index contributed by atoms with van der Waals surface area (Å²) in [5.74, 6) is 1.39. The maximum atomic E-state index is 13.1. The Kier molecular flexibility index (Phi) is 4.31. The van der Waals surface area contributed by atoms with E-state index >= 15 is 0 Å². The number of aromatic amines is 1. The van der Waals surface area contributed by atoms with Gasteiger partial charge < -0.3 is 10.1 Å². The van der Waals surface area contributed by atoms with Gasteiger partial charge in [0.15, 0.2) is 0 Å². The van der Waals surface area contributed by atoms with Crippen molar-refractivity contribution in [1.82, 2.24) is 14.4 Å². The van der Waals surface area contributed by atoms with E-state index in [2.05, 4.69) is 29.1 Å². The smallest absolute Gasteiger partial charge is 0.258 e. The molecule has 0 fully saturated rings. The fourth-order valence-corrected chi connectivity index (χ4v) is 4.07. The van der Waals surface area contributed by atoms with Crippen LogP contribution in [0.15, 0.2) is 53.3 Å². The van der Waals surface area contributed by atoms with Crippen molar-refractivity contribution >= 4 is 28.5 Å². The van der Waals surface area contributed by atoms with Crippen molar-refractivity contribution in [3.05, 3.63) is 70.0 Å². The van der Waals surface area contributed by atoms with E-state index in [1.165, 1.54) is 0 Å². The topological polar surface area (TPSA) is 88.5 Å². The quantitative estimate of drug-likeness (QED) is 0.545. The molecule has 1 amide bonds. The number of hydrogen-bond donors (Lipinski definition) is 2. The fourth-order valence-electron chi connectivity index (χ4n) is 4.07. The summed E-state index contributed by atoms with van der Waals surface area (Å²) in [4.78, 5) is 33.2. The molecule has 5 rings (SSSR count). The highest BCUT2D eigenvalue weighted by Crippen LogP contribution is 2.39. The number of carbonyl (C=O) groups excluding carboxylic acids is 1. The van der Waals surface area contributed by atoms with Gasteiger partial charge in [0.05, 0.1) is 23.2 Å². The van der Waals surface area contributed by atoms with Crippen molar-refractivity contribution in [3.8, 4) is 5.75 Å². The van der Waals surface area contributed by atoms with Crippen LogP contribution in [0.3, 0.4) is 0 Å². The lowest BCUT2D eigenvalue weighted by Gasteiger charge is -2.27. The second-order valence-electron chi connectivity index (χ2n) is 8.02. The van der Waals surface area contributed by atoms with E-state index in [0.717, 1.165) is 16.6 Å². The summed E-state index contributed by atoms with van der Waals surface area (Å²) in [5, 5.41) is 2.91. The van der Waals surface area contributed by atoms with E-state index in [4.69, 9.17) is 4.74 Å². The molecule has 152 valence electrons. The number of ether oxygens (including phenoxy) is 1. The number of rotatable bonds is 4. The van der Waals surface area contributed by atoms with E-state index in [0.29, 0.717) is 35.4 Å². The third kappa shape index (κ3) is 2.94. The Morgan fingerprint density at radius 3 is 2.73 bits per heavy atom. The van der Waals surface area contributed by atoms with Crippen LogP contribution in [0.4, 0.5) is 5.82 Å². The minimum atomic E-state index is -0.411. The molecule has 7 nitrogen and oxygen atoms in total. The number of nitrogens with zero attached hydrogens (tertiary/aromatic N) is 2. The van der Waals surface area contributed by atoms with Crippen LogP contribution in [0, 0.1) is 5.92 Å². The average molecular weight is 402 g/mol. The molecule has 1 aliphatic rings. The lowest BCUT2D eigenvalue weighted by molar-refractivity contribution is -0.116. The minimum Gasteiger partial charge on any atom is -0.493 e. The third-order valence-corrected chi connectivity index (χ3v) is 5.37. The fraction of sp³-hybridized carbons (Fsp3) is 0.261. The zero-order chi connectivity index (χ0) is 20.8. The number of hydrogen-bond acceptors (Lipinski definition) is 4. The molecule has 1 atom stereocenters. The van der Waals surface area contributed by atoms with Crippen LogP contribution in [0.2, 0.25) is 0 Å². The predicted octanol–water partition coefficient (Wildman–Crippen LogP) is 3.68. The molecular weight excluding hydrogens is 380 g/mol. The normalized spacial score (nSPS) is 16.1. The molecule has 0 saturated heterocycles. The Bertz CT molecular complexity index is 1340. The number of H-pyrrole nitrogens is 1. The second kappa shape index (κ2) is 7.02. The number of fused-ring (bicyclic) bond motifs is 5. The molecule has 0 unspecified atom stereocenters. The maximum Gasteiger partial charge on any atom is 0.258 e. The van der Waals surface area contributed by atoms with Crippen LogP contribution in [-0.4, -0.2) is 26.9 Å². The minimum absolute atomic E-state index is 0.143. The van der Waals surface area contributed by atoms with Gasteiger partial charge in [-0.2, -0.15) is 0 Å². The molecule has 0 spiro atoms. The van der Waals surface area contributed by atoms with E-state index in [1.807, 2.05) is 52.9 Å².